The predicted octanol–water partition coefficient (Wildman–Crippen LogP) is 5.62. The minimum absolute atomic E-state index is 0.202. The minimum atomic E-state index is -0.605. The number of aromatic nitrogens is 2. The Morgan fingerprint density at radius 2 is 1.64 bits per heavy atom. The summed E-state index contributed by atoms with van der Waals surface area (Å²) >= 11 is 0. The van der Waals surface area contributed by atoms with Crippen LogP contribution in [0.25, 0.3) is 5.69 Å². The Kier molecular flexibility index (Phi) is 9.54. The maximum Gasteiger partial charge on any atom is 0.227 e. The number of rotatable bonds is 12. The third-order valence-corrected chi connectivity index (χ3v) is 5.87. The number of aliphatic hydroxyl groups is 1. The van der Waals surface area contributed by atoms with E-state index in [-0.39, 0.29) is 18.2 Å². The standard InChI is InChI=1S/C29H41N3O4/c1-8-27-26(19-31(21(2)3)18-23(33)20-35-29(4,5)6)28(32(30-27)22-12-10-9-11-13-22)36-25-16-14-24(34-7)15-17-25/h9-17,21,23,33H,8,18-20H2,1-7H3/t23-/m0/s1. The highest BCUT2D eigenvalue weighted by Crippen LogP contribution is 2.33. The first-order chi connectivity index (χ1) is 17.1. The Morgan fingerprint density at radius 1 is 1.00 bits per heavy atom. The van der Waals surface area contributed by atoms with Gasteiger partial charge >= 0.3 is 0 Å². The van der Waals surface area contributed by atoms with Gasteiger partial charge in [0, 0.05) is 19.1 Å². The summed E-state index contributed by atoms with van der Waals surface area (Å²) in [6.07, 6.45) is 0.155. The lowest BCUT2D eigenvalue weighted by molar-refractivity contribution is -0.0587. The van der Waals surface area contributed by atoms with Crippen LogP contribution in [-0.4, -0.2) is 57.8 Å². The molecule has 0 amide bonds. The Morgan fingerprint density at radius 3 is 2.19 bits per heavy atom. The van der Waals surface area contributed by atoms with Crippen molar-refractivity contribution < 1.29 is 19.3 Å². The van der Waals surface area contributed by atoms with Gasteiger partial charge in [0.25, 0.3) is 0 Å². The number of ether oxygens (including phenoxy) is 3. The normalized spacial score (nSPS) is 12.8. The highest BCUT2D eigenvalue weighted by molar-refractivity contribution is 5.44. The Labute approximate surface area is 215 Å². The monoisotopic (exact) mass is 495 g/mol. The van der Waals surface area contributed by atoms with E-state index in [4.69, 9.17) is 19.3 Å². The van der Waals surface area contributed by atoms with Crippen LogP contribution in [0.1, 0.15) is 52.8 Å². The van der Waals surface area contributed by atoms with Crippen LogP contribution in [0, 0.1) is 0 Å². The first-order valence-electron chi connectivity index (χ1n) is 12.7. The van der Waals surface area contributed by atoms with E-state index in [1.54, 1.807) is 7.11 Å². The van der Waals surface area contributed by atoms with E-state index in [1.165, 1.54) is 0 Å². The number of methoxy groups -OCH3 is 1. The SMILES string of the molecule is CCc1nn(-c2ccccc2)c(Oc2ccc(OC)cc2)c1CN(C[C@H](O)COC(C)(C)C)C(C)C. The van der Waals surface area contributed by atoms with Gasteiger partial charge in [-0.15, -0.1) is 0 Å². The van der Waals surface area contributed by atoms with Gasteiger partial charge in [0.2, 0.25) is 5.88 Å². The van der Waals surface area contributed by atoms with E-state index in [0.717, 1.165) is 29.1 Å². The molecule has 3 aromatic rings. The van der Waals surface area contributed by atoms with Crippen molar-refractivity contribution in [2.45, 2.75) is 72.3 Å². The number of benzene rings is 2. The summed E-state index contributed by atoms with van der Waals surface area (Å²) in [6, 6.07) is 17.8. The molecule has 2 aromatic carbocycles. The molecule has 0 saturated carbocycles. The van der Waals surface area contributed by atoms with Crippen molar-refractivity contribution in [3.8, 4) is 23.1 Å². The van der Waals surface area contributed by atoms with Gasteiger partial charge in [-0.3, -0.25) is 4.90 Å². The van der Waals surface area contributed by atoms with Gasteiger partial charge in [0.05, 0.1) is 42.4 Å². The topological polar surface area (TPSA) is 69.0 Å². The van der Waals surface area contributed by atoms with Crippen molar-refractivity contribution in [2.75, 3.05) is 20.3 Å². The van der Waals surface area contributed by atoms with Crippen LogP contribution >= 0.6 is 0 Å². The first-order valence-corrected chi connectivity index (χ1v) is 12.7. The van der Waals surface area contributed by atoms with Crippen LogP contribution in [0.3, 0.4) is 0 Å². The zero-order valence-electron chi connectivity index (χ0n) is 22.7. The van der Waals surface area contributed by atoms with Crippen molar-refractivity contribution in [3.63, 3.8) is 0 Å². The van der Waals surface area contributed by atoms with Crippen molar-refractivity contribution in [2.24, 2.45) is 0 Å². The summed E-state index contributed by atoms with van der Waals surface area (Å²) < 4.78 is 19.5. The number of aliphatic hydroxyl groups excluding tert-OH is 1. The van der Waals surface area contributed by atoms with Gasteiger partial charge < -0.3 is 19.3 Å². The van der Waals surface area contributed by atoms with Crippen LogP contribution in [0.4, 0.5) is 0 Å². The molecule has 0 bridgehead atoms. The van der Waals surface area contributed by atoms with Crippen LogP contribution in [0.5, 0.6) is 17.4 Å². The molecule has 0 aliphatic heterocycles. The van der Waals surface area contributed by atoms with Crippen molar-refractivity contribution >= 4 is 0 Å². The molecule has 0 saturated heterocycles. The third-order valence-electron chi connectivity index (χ3n) is 5.87. The van der Waals surface area contributed by atoms with E-state index in [1.807, 2.05) is 80.1 Å². The van der Waals surface area contributed by atoms with E-state index in [9.17, 15) is 5.11 Å². The third kappa shape index (κ3) is 7.56. The molecule has 0 unspecified atom stereocenters. The molecule has 7 nitrogen and oxygen atoms in total. The van der Waals surface area contributed by atoms with Crippen molar-refractivity contribution in [3.05, 3.63) is 65.9 Å². The molecule has 7 heteroatoms. The fourth-order valence-corrected chi connectivity index (χ4v) is 3.86. The minimum Gasteiger partial charge on any atom is -0.497 e. The number of aryl methyl sites for hydroxylation is 1. The molecule has 1 aromatic heterocycles. The molecule has 0 aliphatic carbocycles. The molecular formula is C29H41N3O4. The predicted molar refractivity (Wildman–Crippen MR) is 143 cm³/mol. The van der Waals surface area contributed by atoms with E-state index < -0.39 is 6.10 Å². The summed E-state index contributed by atoms with van der Waals surface area (Å²) in [6.45, 7) is 13.7. The number of hydrogen-bond acceptors (Lipinski definition) is 6. The van der Waals surface area contributed by atoms with Gasteiger partial charge in [-0.2, -0.15) is 5.10 Å². The second kappa shape index (κ2) is 12.4. The Hall–Kier alpha value is -2.87. The van der Waals surface area contributed by atoms with Crippen LogP contribution < -0.4 is 9.47 Å². The number of para-hydroxylation sites is 1. The molecule has 0 aliphatic rings. The lowest BCUT2D eigenvalue weighted by Crippen LogP contribution is -2.40. The fourth-order valence-electron chi connectivity index (χ4n) is 3.86. The first kappa shape index (κ1) is 27.7. The number of hydrogen-bond donors (Lipinski definition) is 1. The molecule has 1 atom stereocenters. The largest absolute Gasteiger partial charge is 0.497 e. The van der Waals surface area contributed by atoms with Gasteiger partial charge in [-0.25, -0.2) is 4.68 Å². The Balaban J connectivity index is 1.96. The maximum atomic E-state index is 10.7. The maximum absolute atomic E-state index is 10.7. The van der Waals surface area contributed by atoms with Crippen molar-refractivity contribution in [1.82, 2.24) is 14.7 Å². The second-order valence-corrected chi connectivity index (χ2v) is 10.2. The molecule has 1 N–H and O–H groups in total. The smallest absolute Gasteiger partial charge is 0.227 e. The van der Waals surface area contributed by atoms with Crippen LogP contribution in [-0.2, 0) is 17.7 Å². The van der Waals surface area contributed by atoms with Gasteiger partial charge in [0.15, 0.2) is 0 Å². The number of nitrogens with zero attached hydrogens (tertiary/aromatic N) is 3. The lowest BCUT2D eigenvalue weighted by Gasteiger charge is -2.30. The summed E-state index contributed by atoms with van der Waals surface area (Å²) in [4.78, 5) is 2.24. The van der Waals surface area contributed by atoms with Gasteiger partial charge in [0.1, 0.15) is 11.5 Å². The highest BCUT2D eigenvalue weighted by atomic mass is 16.5. The van der Waals surface area contributed by atoms with E-state index in [2.05, 4.69) is 25.7 Å². The zero-order valence-corrected chi connectivity index (χ0v) is 22.7. The average molecular weight is 496 g/mol. The molecule has 0 fully saturated rings. The van der Waals surface area contributed by atoms with Crippen molar-refractivity contribution in [1.29, 1.82) is 0 Å². The second-order valence-electron chi connectivity index (χ2n) is 10.2. The lowest BCUT2D eigenvalue weighted by atomic mass is 10.1. The van der Waals surface area contributed by atoms with Gasteiger partial charge in [-0.05, 0) is 77.4 Å². The summed E-state index contributed by atoms with van der Waals surface area (Å²) in [5, 5.41) is 15.7. The molecular weight excluding hydrogens is 454 g/mol. The molecule has 196 valence electrons. The van der Waals surface area contributed by atoms with Gasteiger partial charge in [-0.1, -0.05) is 25.1 Å². The Bertz CT molecular complexity index is 1070. The van der Waals surface area contributed by atoms with E-state index in [0.29, 0.717) is 24.7 Å². The average Bonchev–Trinajstić information content (AvgIpc) is 3.19. The summed E-state index contributed by atoms with van der Waals surface area (Å²) in [5.74, 6) is 2.15. The molecule has 0 spiro atoms. The molecule has 1 heterocycles. The van der Waals surface area contributed by atoms with Crippen LogP contribution in [0.15, 0.2) is 54.6 Å². The molecule has 3 rings (SSSR count). The van der Waals surface area contributed by atoms with E-state index >= 15 is 0 Å². The fraction of sp³-hybridized carbons (Fsp3) is 0.483. The zero-order chi connectivity index (χ0) is 26.3. The molecule has 0 radical (unpaired) electrons. The summed E-state index contributed by atoms with van der Waals surface area (Å²) in [7, 11) is 1.65. The summed E-state index contributed by atoms with van der Waals surface area (Å²) in [5.41, 5.74) is 2.61. The molecule has 36 heavy (non-hydrogen) atoms. The quantitative estimate of drug-likeness (QED) is 0.352. The highest BCUT2D eigenvalue weighted by Gasteiger charge is 2.25. The van der Waals surface area contributed by atoms with Crippen LogP contribution in [0.2, 0.25) is 0 Å².